The fraction of sp³-hybridized carbons (Fsp3) is 0.444. The number of carboxylic acids is 1. The monoisotopic (exact) mass is 254 g/mol. The van der Waals surface area contributed by atoms with Crippen molar-refractivity contribution in [1.29, 1.82) is 0 Å². The Morgan fingerprint density at radius 3 is 2.62 bits per heavy atom. The Morgan fingerprint density at radius 1 is 1.56 bits per heavy atom. The quantitative estimate of drug-likeness (QED) is 0.898. The van der Waals surface area contributed by atoms with Crippen LogP contribution in [0.25, 0.3) is 0 Å². The van der Waals surface area contributed by atoms with Crippen molar-refractivity contribution in [2.75, 3.05) is 6.61 Å². The number of hydrogen-bond acceptors (Lipinski definition) is 3. The molecular formula is C9H9F3O3S. The fourth-order valence-corrected chi connectivity index (χ4v) is 1.89. The number of alkyl halides is 3. The Hall–Kier alpha value is -1.24. The molecule has 1 heterocycles. The molecule has 1 aromatic rings. The van der Waals surface area contributed by atoms with Crippen LogP contribution in [0.1, 0.15) is 21.5 Å². The second-order valence-corrected chi connectivity index (χ2v) is 4.11. The molecule has 1 N–H and O–H groups in total. The minimum absolute atomic E-state index is 0.193. The van der Waals surface area contributed by atoms with Crippen molar-refractivity contribution in [2.45, 2.75) is 19.5 Å². The molecule has 1 rings (SSSR count). The molecule has 0 saturated heterocycles. The zero-order chi connectivity index (χ0) is 12.3. The first-order valence-corrected chi connectivity index (χ1v) is 5.20. The Morgan fingerprint density at radius 2 is 2.19 bits per heavy atom. The zero-order valence-electron chi connectivity index (χ0n) is 8.30. The van der Waals surface area contributed by atoms with Gasteiger partial charge in [-0.25, -0.2) is 4.79 Å². The third kappa shape index (κ3) is 3.41. The fourth-order valence-electron chi connectivity index (χ4n) is 1.01. The Balaban J connectivity index is 2.85. The van der Waals surface area contributed by atoms with Gasteiger partial charge in [0.05, 0.1) is 0 Å². The van der Waals surface area contributed by atoms with E-state index < -0.39 is 18.8 Å². The van der Waals surface area contributed by atoms with Gasteiger partial charge in [0.2, 0.25) is 0 Å². The van der Waals surface area contributed by atoms with Gasteiger partial charge < -0.3 is 9.84 Å². The zero-order valence-corrected chi connectivity index (χ0v) is 9.11. The number of rotatable bonds is 4. The Kier molecular flexibility index (Phi) is 3.79. The number of aromatic carboxylic acids is 1. The number of halogens is 3. The minimum atomic E-state index is -4.47. The van der Waals surface area contributed by atoms with Gasteiger partial charge in [0.1, 0.15) is 5.75 Å². The van der Waals surface area contributed by atoms with E-state index in [1.807, 2.05) is 0 Å². The molecule has 0 radical (unpaired) electrons. The number of hydrogen-bond donors (Lipinski definition) is 1. The lowest BCUT2D eigenvalue weighted by Crippen LogP contribution is -2.19. The molecule has 0 fully saturated rings. The summed E-state index contributed by atoms with van der Waals surface area (Å²) in [5.41, 5.74) is 0. The summed E-state index contributed by atoms with van der Waals surface area (Å²) in [4.78, 5) is 11.2. The Labute approximate surface area is 93.5 Å². The molecule has 0 spiro atoms. The van der Waals surface area contributed by atoms with Gasteiger partial charge in [-0.05, 0) is 12.5 Å². The lowest BCUT2D eigenvalue weighted by molar-refractivity contribution is -0.153. The number of aryl methyl sites for hydroxylation is 1. The summed E-state index contributed by atoms with van der Waals surface area (Å²) in [7, 11) is 0. The van der Waals surface area contributed by atoms with Crippen LogP contribution in [0.5, 0.6) is 5.75 Å². The highest BCUT2D eigenvalue weighted by Crippen LogP contribution is 2.31. The highest BCUT2D eigenvalue weighted by atomic mass is 32.1. The number of ether oxygens (including phenoxy) is 1. The van der Waals surface area contributed by atoms with Gasteiger partial charge >= 0.3 is 12.1 Å². The topological polar surface area (TPSA) is 46.5 Å². The summed E-state index contributed by atoms with van der Waals surface area (Å²) in [6.07, 6.45) is -3.91. The molecule has 0 saturated carbocycles. The van der Waals surface area contributed by atoms with Crippen molar-refractivity contribution in [2.24, 2.45) is 0 Å². The highest BCUT2D eigenvalue weighted by molar-refractivity contribution is 7.14. The van der Waals surface area contributed by atoms with Crippen molar-refractivity contribution in [1.82, 2.24) is 0 Å². The van der Waals surface area contributed by atoms with E-state index in [2.05, 4.69) is 4.74 Å². The van der Waals surface area contributed by atoms with Crippen molar-refractivity contribution in [3.05, 3.63) is 15.8 Å². The van der Waals surface area contributed by atoms with Crippen LogP contribution in [-0.4, -0.2) is 23.9 Å². The van der Waals surface area contributed by atoms with Gasteiger partial charge in [-0.2, -0.15) is 13.2 Å². The second kappa shape index (κ2) is 4.73. The summed E-state index contributed by atoms with van der Waals surface area (Å²) < 4.78 is 40.1. The molecule has 7 heteroatoms. The molecule has 0 aromatic carbocycles. The molecule has 0 amide bonds. The van der Waals surface area contributed by atoms with E-state index in [1.165, 1.54) is 6.07 Å². The van der Waals surface area contributed by atoms with Crippen LogP contribution < -0.4 is 4.74 Å². The lowest BCUT2D eigenvalue weighted by Gasteiger charge is -2.07. The summed E-state index contributed by atoms with van der Waals surface area (Å²) in [6, 6.07) is 1.33. The van der Waals surface area contributed by atoms with Gasteiger partial charge in [0.25, 0.3) is 0 Å². The molecule has 0 aliphatic heterocycles. The molecule has 0 aliphatic rings. The maximum Gasteiger partial charge on any atom is 0.422 e. The predicted molar refractivity (Wildman–Crippen MR) is 52.2 cm³/mol. The number of thiophene rings is 1. The van der Waals surface area contributed by atoms with E-state index in [-0.39, 0.29) is 10.6 Å². The highest BCUT2D eigenvalue weighted by Gasteiger charge is 2.29. The van der Waals surface area contributed by atoms with E-state index in [4.69, 9.17) is 5.11 Å². The first-order chi connectivity index (χ1) is 7.33. The molecular weight excluding hydrogens is 245 g/mol. The first-order valence-electron chi connectivity index (χ1n) is 4.39. The standard InChI is InChI=1S/C9H9F3O3S/c1-2-5-3-6(7(16-5)8(13)14)15-4-9(10,11)12/h3H,2,4H2,1H3,(H,13,14). The van der Waals surface area contributed by atoms with Crippen molar-refractivity contribution >= 4 is 17.3 Å². The van der Waals surface area contributed by atoms with E-state index in [0.29, 0.717) is 11.3 Å². The summed E-state index contributed by atoms with van der Waals surface area (Å²) >= 11 is 0.926. The van der Waals surface area contributed by atoms with E-state index >= 15 is 0 Å². The largest absolute Gasteiger partial charge is 0.482 e. The number of carboxylic acid groups (broad SMARTS) is 1. The average Bonchev–Trinajstić information content (AvgIpc) is 2.56. The molecule has 0 bridgehead atoms. The van der Waals surface area contributed by atoms with Gasteiger partial charge in [0, 0.05) is 4.88 Å². The van der Waals surface area contributed by atoms with Crippen LogP contribution in [0.15, 0.2) is 6.07 Å². The van der Waals surface area contributed by atoms with Crippen LogP contribution in [0.4, 0.5) is 13.2 Å². The van der Waals surface area contributed by atoms with E-state index in [9.17, 15) is 18.0 Å². The van der Waals surface area contributed by atoms with Gasteiger partial charge in [-0.1, -0.05) is 6.92 Å². The SMILES string of the molecule is CCc1cc(OCC(F)(F)F)c(C(=O)O)s1. The van der Waals surface area contributed by atoms with Crippen molar-refractivity contribution in [3.8, 4) is 5.75 Å². The van der Waals surface area contributed by atoms with Crippen LogP contribution in [-0.2, 0) is 6.42 Å². The van der Waals surface area contributed by atoms with Crippen LogP contribution in [0.2, 0.25) is 0 Å². The number of carbonyl (C=O) groups is 1. The molecule has 16 heavy (non-hydrogen) atoms. The Bertz CT molecular complexity index is 384. The third-order valence-electron chi connectivity index (χ3n) is 1.68. The van der Waals surface area contributed by atoms with Gasteiger partial charge in [0.15, 0.2) is 11.5 Å². The molecule has 0 aliphatic carbocycles. The van der Waals surface area contributed by atoms with Crippen LogP contribution >= 0.6 is 11.3 Å². The van der Waals surface area contributed by atoms with E-state index in [1.54, 1.807) is 6.92 Å². The summed E-state index contributed by atoms with van der Waals surface area (Å²) in [5, 5.41) is 8.75. The van der Waals surface area contributed by atoms with E-state index in [0.717, 1.165) is 11.3 Å². The van der Waals surface area contributed by atoms with Gasteiger partial charge in [-0.3, -0.25) is 0 Å². The summed E-state index contributed by atoms with van der Waals surface area (Å²) in [6.45, 7) is 0.304. The van der Waals surface area contributed by atoms with Crippen LogP contribution in [0.3, 0.4) is 0 Å². The molecule has 3 nitrogen and oxygen atoms in total. The maximum absolute atomic E-state index is 11.9. The second-order valence-electron chi connectivity index (χ2n) is 2.97. The summed E-state index contributed by atoms with van der Waals surface area (Å²) in [5.74, 6) is -1.49. The van der Waals surface area contributed by atoms with Crippen molar-refractivity contribution in [3.63, 3.8) is 0 Å². The predicted octanol–water partition coefficient (Wildman–Crippen LogP) is 2.95. The van der Waals surface area contributed by atoms with Crippen LogP contribution in [0, 0.1) is 0 Å². The molecule has 1 aromatic heterocycles. The molecule has 90 valence electrons. The normalized spacial score (nSPS) is 11.5. The smallest absolute Gasteiger partial charge is 0.422 e. The lowest BCUT2D eigenvalue weighted by atomic mass is 10.3. The molecule has 0 atom stereocenters. The van der Waals surface area contributed by atoms with Gasteiger partial charge in [-0.15, -0.1) is 11.3 Å². The molecule has 0 unspecified atom stereocenters. The minimum Gasteiger partial charge on any atom is -0.482 e. The first kappa shape index (κ1) is 12.8. The van der Waals surface area contributed by atoms with Crippen molar-refractivity contribution < 1.29 is 27.8 Å². The average molecular weight is 254 g/mol. The third-order valence-corrected chi connectivity index (χ3v) is 2.93. The maximum atomic E-state index is 11.9.